The number of carbonyl (C=O) groups excluding carboxylic acids is 2. The maximum Gasteiger partial charge on any atom is 0.301 e. The predicted octanol–water partition coefficient (Wildman–Crippen LogP) is 5.07. The highest BCUT2D eigenvalue weighted by atomic mass is 32.1. The van der Waals surface area contributed by atoms with Crippen LogP contribution in [0.3, 0.4) is 0 Å². The van der Waals surface area contributed by atoms with Crippen molar-refractivity contribution < 1.29 is 23.8 Å². The first kappa shape index (κ1) is 20.8. The van der Waals surface area contributed by atoms with E-state index in [0.717, 1.165) is 9.60 Å². The highest BCUT2D eigenvalue weighted by molar-refractivity contribution is 7.22. The molecule has 3 aromatic carbocycles. The number of halogens is 1. The number of anilines is 1. The second kappa shape index (κ2) is 8.14. The fourth-order valence-corrected chi connectivity index (χ4v) is 4.92. The minimum atomic E-state index is -1.17. The van der Waals surface area contributed by atoms with Gasteiger partial charge in [0.15, 0.2) is 5.13 Å². The number of thiazole rings is 1. The van der Waals surface area contributed by atoms with Crippen molar-refractivity contribution in [2.45, 2.75) is 6.04 Å². The van der Waals surface area contributed by atoms with Crippen molar-refractivity contribution in [2.24, 2.45) is 0 Å². The summed E-state index contributed by atoms with van der Waals surface area (Å²) in [5.74, 6) is -2.13. The molecule has 0 radical (unpaired) electrons. The van der Waals surface area contributed by atoms with E-state index in [9.17, 15) is 19.1 Å². The summed E-state index contributed by atoms with van der Waals surface area (Å²) in [4.78, 5) is 32.0. The van der Waals surface area contributed by atoms with E-state index in [1.54, 1.807) is 61.7 Å². The molecule has 1 N–H and O–H groups in total. The molecule has 1 fully saturated rings. The second-order valence-electron chi connectivity index (χ2n) is 7.39. The van der Waals surface area contributed by atoms with Crippen molar-refractivity contribution in [3.05, 3.63) is 95.3 Å². The molecular weight excluding hydrogens is 443 g/mol. The van der Waals surface area contributed by atoms with Crippen LogP contribution in [0.1, 0.15) is 17.2 Å². The molecule has 0 aliphatic carbocycles. The molecular formula is C25H17FN2O4S. The van der Waals surface area contributed by atoms with Crippen LogP contribution >= 0.6 is 11.3 Å². The standard InChI is InChI=1S/C25H17FN2O4S/c1-32-15-11-12-18-19(13-15)33-25(27-18)28-21(16-9-5-6-10-17(16)26)20(23(30)24(28)31)22(29)14-7-3-2-4-8-14/h2-13,21,29H,1H3/b22-20+/t21-/m1/s1. The number of carbonyl (C=O) groups is 2. The SMILES string of the molecule is COc1ccc2nc(N3C(=O)C(=O)/C(=C(/O)c4ccccc4)[C@H]3c3ccccc3F)sc2c1. The van der Waals surface area contributed by atoms with Crippen molar-refractivity contribution in [1.29, 1.82) is 0 Å². The Kier molecular flexibility index (Phi) is 5.14. The van der Waals surface area contributed by atoms with Crippen molar-refractivity contribution in [3.63, 3.8) is 0 Å². The number of fused-ring (bicyclic) bond motifs is 1. The summed E-state index contributed by atoms with van der Waals surface area (Å²) in [5, 5.41) is 11.3. The van der Waals surface area contributed by atoms with E-state index < -0.39 is 23.5 Å². The van der Waals surface area contributed by atoms with E-state index in [0.29, 0.717) is 16.8 Å². The normalized spacial score (nSPS) is 17.6. The van der Waals surface area contributed by atoms with Gasteiger partial charge < -0.3 is 9.84 Å². The minimum Gasteiger partial charge on any atom is -0.507 e. The number of rotatable bonds is 4. The zero-order valence-corrected chi connectivity index (χ0v) is 18.2. The Morgan fingerprint density at radius 2 is 1.79 bits per heavy atom. The largest absolute Gasteiger partial charge is 0.507 e. The summed E-state index contributed by atoms with van der Waals surface area (Å²) in [6, 6.07) is 18.4. The molecule has 33 heavy (non-hydrogen) atoms. The lowest BCUT2D eigenvalue weighted by Crippen LogP contribution is -2.29. The molecule has 0 unspecified atom stereocenters. The van der Waals surface area contributed by atoms with Gasteiger partial charge in [-0.25, -0.2) is 9.37 Å². The molecule has 164 valence electrons. The number of methoxy groups -OCH3 is 1. The first-order valence-corrected chi connectivity index (χ1v) is 10.9. The number of hydrogen-bond acceptors (Lipinski definition) is 6. The van der Waals surface area contributed by atoms with Crippen LogP contribution in [0.25, 0.3) is 16.0 Å². The number of hydrogen-bond donors (Lipinski definition) is 1. The van der Waals surface area contributed by atoms with Gasteiger partial charge in [-0.3, -0.25) is 14.5 Å². The van der Waals surface area contributed by atoms with Crippen molar-refractivity contribution in [3.8, 4) is 5.75 Å². The summed E-state index contributed by atoms with van der Waals surface area (Å²) < 4.78 is 20.9. The molecule has 2 heterocycles. The van der Waals surface area contributed by atoms with Gasteiger partial charge in [-0.1, -0.05) is 59.9 Å². The molecule has 1 saturated heterocycles. The van der Waals surface area contributed by atoms with Crippen molar-refractivity contribution in [2.75, 3.05) is 12.0 Å². The van der Waals surface area contributed by atoms with E-state index in [1.165, 1.54) is 29.5 Å². The number of aliphatic hydroxyl groups excluding tert-OH is 1. The number of aromatic nitrogens is 1. The van der Waals surface area contributed by atoms with Crippen LogP contribution in [0.15, 0.2) is 78.4 Å². The number of Topliss-reactive ketones (excluding diaryl/α,β-unsaturated/α-hetero) is 1. The maximum atomic E-state index is 14.9. The van der Waals surface area contributed by atoms with Gasteiger partial charge in [-0.15, -0.1) is 0 Å². The number of benzene rings is 3. The van der Waals surface area contributed by atoms with E-state index in [-0.39, 0.29) is 22.0 Å². The van der Waals surface area contributed by atoms with Gasteiger partial charge in [0.05, 0.1) is 22.9 Å². The third-order valence-corrected chi connectivity index (χ3v) is 6.50. The Bertz CT molecular complexity index is 1430. The van der Waals surface area contributed by atoms with Crippen LogP contribution in [0.2, 0.25) is 0 Å². The number of nitrogens with zero attached hydrogens (tertiary/aromatic N) is 2. The summed E-state index contributed by atoms with van der Waals surface area (Å²) in [6.45, 7) is 0. The molecule has 1 atom stereocenters. The lowest BCUT2D eigenvalue weighted by molar-refractivity contribution is -0.132. The molecule has 8 heteroatoms. The van der Waals surface area contributed by atoms with E-state index in [2.05, 4.69) is 4.98 Å². The maximum absolute atomic E-state index is 14.9. The average molecular weight is 460 g/mol. The number of aliphatic hydroxyl groups is 1. The Morgan fingerprint density at radius 1 is 1.06 bits per heavy atom. The lowest BCUT2D eigenvalue weighted by Gasteiger charge is -2.23. The van der Waals surface area contributed by atoms with Gasteiger partial charge in [0.25, 0.3) is 5.78 Å². The van der Waals surface area contributed by atoms with Gasteiger partial charge in [-0.2, -0.15) is 0 Å². The van der Waals surface area contributed by atoms with Crippen LogP contribution in [-0.4, -0.2) is 28.9 Å². The van der Waals surface area contributed by atoms with Crippen molar-refractivity contribution >= 4 is 44.1 Å². The summed E-state index contributed by atoms with van der Waals surface area (Å²) in [5.41, 5.74) is 0.859. The van der Waals surface area contributed by atoms with Gasteiger partial charge in [0.1, 0.15) is 23.4 Å². The first-order chi connectivity index (χ1) is 16.0. The van der Waals surface area contributed by atoms with Gasteiger partial charge >= 0.3 is 5.91 Å². The fraction of sp³-hybridized carbons (Fsp3) is 0.0800. The zero-order valence-electron chi connectivity index (χ0n) is 17.4. The van der Waals surface area contributed by atoms with Crippen LogP contribution in [0.5, 0.6) is 5.75 Å². The smallest absolute Gasteiger partial charge is 0.301 e. The van der Waals surface area contributed by atoms with Gasteiger partial charge in [0.2, 0.25) is 0 Å². The fourth-order valence-electron chi connectivity index (χ4n) is 3.90. The lowest BCUT2D eigenvalue weighted by atomic mass is 9.95. The molecule has 0 bridgehead atoms. The van der Waals surface area contributed by atoms with E-state index >= 15 is 0 Å². The molecule has 4 aromatic rings. The Hall–Kier alpha value is -4.04. The quantitative estimate of drug-likeness (QED) is 0.261. The van der Waals surface area contributed by atoms with Crippen LogP contribution in [0.4, 0.5) is 9.52 Å². The minimum absolute atomic E-state index is 0.0889. The number of ether oxygens (including phenoxy) is 1. The highest BCUT2D eigenvalue weighted by Crippen LogP contribution is 2.45. The van der Waals surface area contributed by atoms with Crippen LogP contribution in [-0.2, 0) is 9.59 Å². The molecule has 1 aliphatic rings. The number of amides is 1. The van der Waals surface area contributed by atoms with Gasteiger partial charge in [-0.05, 0) is 24.3 Å². The van der Waals surface area contributed by atoms with Crippen LogP contribution < -0.4 is 9.64 Å². The van der Waals surface area contributed by atoms with Crippen LogP contribution in [0, 0.1) is 5.82 Å². The van der Waals surface area contributed by atoms with Gasteiger partial charge in [0, 0.05) is 11.1 Å². The summed E-state index contributed by atoms with van der Waals surface area (Å²) in [6.07, 6.45) is 0. The molecule has 1 amide bonds. The molecule has 5 rings (SSSR count). The molecule has 0 saturated carbocycles. The Morgan fingerprint density at radius 3 is 2.52 bits per heavy atom. The zero-order chi connectivity index (χ0) is 23.1. The number of ketones is 1. The topological polar surface area (TPSA) is 79.7 Å². The molecule has 1 aromatic heterocycles. The molecule has 6 nitrogen and oxygen atoms in total. The Labute approximate surface area is 192 Å². The average Bonchev–Trinajstić information content (AvgIpc) is 3.37. The third-order valence-electron chi connectivity index (χ3n) is 5.48. The molecule has 1 aliphatic heterocycles. The van der Waals surface area contributed by atoms with E-state index in [4.69, 9.17) is 4.74 Å². The Balaban J connectivity index is 1.74. The first-order valence-electron chi connectivity index (χ1n) is 10.0. The monoisotopic (exact) mass is 460 g/mol. The second-order valence-corrected chi connectivity index (χ2v) is 8.40. The highest BCUT2D eigenvalue weighted by Gasteiger charge is 2.49. The van der Waals surface area contributed by atoms with Crippen molar-refractivity contribution in [1.82, 2.24) is 4.98 Å². The third kappa shape index (κ3) is 3.44. The molecule has 0 spiro atoms. The summed E-state index contributed by atoms with van der Waals surface area (Å²) >= 11 is 1.18. The summed E-state index contributed by atoms with van der Waals surface area (Å²) in [7, 11) is 1.55. The predicted molar refractivity (Wildman–Crippen MR) is 124 cm³/mol. The van der Waals surface area contributed by atoms with E-state index in [1.807, 2.05) is 0 Å².